The molecule has 0 aromatic carbocycles. The van der Waals surface area contributed by atoms with E-state index in [4.69, 9.17) is 4.74 Å². The Labute approximate surface area is 109 Å². The fourth-order valence-electron chi connectivity index (χ4n) is 1.87. The monoisotopic (exact) mass is 290 g/mol. The molecule has 9 heteroatoms. The molecule has 1 aromatic heterocycles. The summed E-state index contributed by atoms with van der Waals surface area (Å²) in [6.07, 6.45) is 2.53. The van der Waals surface area contributed by atoms with Crippen LogP contribution in [-0.2, 0) is 19.0 Å². The second-order valence-corrected chi connectivity index (χ2v) is 5.94. The summed E-state index contributed by atoms with van der Waals surface area (Å²) in [4.78, 5) is 24.6. The molecule has 19 heavy (non-hydrogen) atoms. The van der Waals surface area contributed by atoms with Gasteiger partial charge in [0.2, 0.25) is 0 Å². The van der Waals surface area contributed by atoms with Crippen LogP contribution in [0.15, 0.2) is 21.9 Å². The third-order valence-electron chi connectivity index (χ3n) is 2.71. The highest BCUT2D eigenvalue weighted by atomic mass is 32.2. The van der Waals surface area contributed by atoms with E-state index in [-0.39, 0.29) is 6.61 Å². The van der Waals surface area contributed by atoms with Crippen LogP contribution in [-0.4, -0.2) is 36.9 Å². The summed E-state index contributed by atoms with van der Waals surface area (Å²) in [5.41, 5.74) is -1.03. The summed E-state index contributed by atoms with van der Waals surface area (Å²) in [5.74, 6) is 0. The molecule has 1 aliphatic rings. The van der Waals surface area contributed by atoms with Crippen molar-refractivity contribution in [2.45, 2.75) is 25.2 Å². The van der Waals surface area contributed by atoms with Gasteiger partial charge in [-0.1, -0.05) is 0 Å². The van der Waals surface area contributed by atoms with Gasteiger partial charge in [-0.05, 0) is 12.8 Å². The van der Waals surface area contributed by atoms with Crippen molar-refractivity contribution < 1.29 is 17.3 Å². The van der Waals surface area contributed by atoms with Crippen LogP contribution in [0.2, 0.25) is 0 Å². The number of H-pyrrole nitrogens is 1. The third-order valence-corrected chi connectivity index (χ3v) is 3.28. The van der Waals surface area contributed by atoms with Crippen molar-refractivity contribution in [1.29, 1.82) is 0 Å². The van der Waals surface area contributed by atoms with E-state index in [1.807, 2.05) is 0 Å². The van der Waals surface area contributed by atoms with Crippen molar-refractivity contribution in [2.75, 3.05) is 12.9 Å². The number of ether oxygens (including phenoxy) is 1. The van der Waals surface area contributed by atoms with Gasteiger partial charge in [0.25, 0.3) is 15.7 Å². The first-order chi connectivity index (χ1) is 8.85. The average molecular weight is 290 g/mol. The quantitative estimate of drug-likeness (QED) is 0.727. The molecular formula is C10H14N2O6S. The summed E-state index contributed by atoms with van der Waals surface area (Å²) in [5, 5.41) is 0. The molecule has 0 amide bonds. The predicted octanol–water partition coefficient (Wildman–Crippen LogP) is -0.810. The van der Waals surface area contributed by atoms with E-state index in [2.05, 4.69) is 9.17 Å². The SMILES string of the molecule is CS(=O)(=O)OCC1CCC(n2ccc(=O)[nH]c2=O)O1. The highest BCUT2D eigenvalue weighted by Gasteiger charge is 2.28. The molecule has 2 atom stereocenters. The molecular weight excluding hydrogens is 276 g/mol. The topological polar surface area (TPSA) is 107 Å². The van der Waals surface area contributed by atoms with Crippen LogP contribution in [0.1, 0.15) is 19.1 Å². The molecule has 1 saturated heterocycles. The highest BCUT2D eigenvalue weighted by molar-refractivity contribution is 7.85. The first-order valence-electron chi connectivity index (χ1n) is 5.66. The molecule has 8 nitrogen and oxygen atoms in total. The lowest BCUT2D eigenvalue weighted by Crippen LogP contribution is -2.31. The Morgan fingerprint density at radius 1 is 1.47 bits per heavy atom. The fourth-order valence-corrected chi connectivity index (χ4v) is 2.27. The van der Waals surface area contributed by atoms with Crippen molar-refractivity contribution in [1.82, 2.24) is 9.55 Å². The molecule has 2 rings (SSSR count). The second kappa shape index (κ2) is 5.27. The van der Waals surface area contributed by atoms with Gasteiger partial charge in [0, 0.05) is 12.3 Å². The summed E-state index contributed by atoms with van der Waals surface area (Å²) in [7, 11) is -3.50. The molecule has 1 aliphatic heterocycles. The van der Waals surface area contributed by atoms with Crippen LogP contribution in [0.5, 0.6) is 0 Å². The third kappa shape index (κ3) is 3.75. The fraction of sp³-hybridized carbons (Fsp3) is 0.600. The van der Waals surface area contributed by atoms with Gasteiger partial charge in [-0.25, -0.2) is 4.79 Å². The Kier molecular flexibility index (Phi) is 3.88. The maximum absolute atomic E-state index is 11.6. The van der Waals surface area contributed by atoms with Gasteiger partial charge in [-0.15, -0.1) is 0 Å². The highest BCUT2D eigenvalue weighted by Crippen LogP contribution is 2.27. The van der Waals surface area contributed by atoms with E-state index >= 15 is 0 Å². The summed E-state index contributed by atoms with van der Waals surface area (Å²) < 4.78 is 33.1. The Balaban J connectivity index is 2.02. The zero-order valence-electron chi connectivity index (χ0n) is 10.2. The molecule has 2 unspecified atom stereocenters. The summed E-state index contributed by atoms with van der Waals surface area (Å²) >= 11 is 0. The van der Waals surface area contributed by atoms with Crippen molar-refractivity contribution in [3.8, 4) is 0 Å². The number of rotatable bonds is 4. The number of nitrogens with one attached hydrogen (secondary N) is 1. The average Bonchev–Trinajstić information content (AvgIpc) is 2.74. The lowest BCUT2D eigenvalue weighted by Gasteiger charge is -2.15. The number of hydrogen-bond donors (Lipinski definition) is 1. The molecule has 1 N–H and O–H groups in total. The number of aromatic nitrogens is 2. The molecule has 1 fully saturated rings. The van der Waals surface area contributed by atoms with Gasteiger partial charge in [0.05, 0.1) is 19.0 Å². The lowest BCUT2D eigenvalue weighted by atomic mass is 10.2. The van der Waals surface area contributed by atoms with E-state index < -0.39 is 33.7 Å². The van der Waals surface area contributed by atoms with Gasteiger partial charge in [0.15, 0.2) is 0 Å². The van der Waals surface area contributed by atoms with Gasteiger partial charge >= 0.3 is 5.69 Å². The molecule has 2 heterocycles. The molecule has 1 aromatic rings. The van der Waals surface area contributed by atoms with Gasteiger partial charge in [0.1, 0.15) is 6.23 Å². The standard InChI is InChI=1S/C10H14N2O6S/c1-19(15,16)17-6-7-2-3-9(18-7)12-5-4-8(13)11-10(12)14/h4-5,7,9H,2-3,6H2,1H3,(H,11,13,14). The lowest BCUT2D eigenvalue weighted by molar-refractivity contribution is -0.0189. The van der Waals surface area contributed by atoms with E-state index in [9.17, 15) is 18.0 Å². The van der Waals surface area contributed by atoms with E-state index in [1.165, 1.54) is 16.8 Å². The Morgan fingerprint density at radius 3 is 2.84 bits per heavy atom. The van der Waals surface area contributed by atoms with Crippen LogP contribution in [0.3, 0.4) is 0 Å². The minimum Gasteiger partial charge on any atom is -0.352 e. The van der Waals surface area contributed by atoms with Crippen molar-refractivity contribution in [3.05, 3.63) is 33.1 Å². The number of nitrogens with zero attached hydrogens (tertiary/aromatic N) is 1. The van der Waals surface area contributed by atoms with Crippen molar-refractivity contribution in [2.24, 2.45) is 0 Å². The van der Waals surface area contributed by atoms with Crippen LogP contribution >= 0.6 is 0 Å². The second-order valence-electron chi connectivity index (χ2n) is 4.30. The number of hydrogen-bond acceptors (Lipinski definition) is 6. The first kappa shape index (κ1) is 14.0. The van der Waals surface area contributed by atoms with Crippen LogP contribution in [0.25, 0.3) is 0 Å². The molecule has 0 saturated carbocycles. The molecule has 0 spiro atoms. The number of aromatic amines is 1. The zero-order chi connectivity index (χ0) is 14.0. The molecule has 0 bridgehead atoms. The largest absolute Gasteiger partial charge is 0.352 e. The molecule has 106 valence electrons. The Bertz CT molecular complexity index is 661. The van der Waals surface area contributed by atoms with E-state index in [0.717, 1.165) is 6.26 Å². The normalized spacial score (nSPS) is 23.6. The zero-order valence-corrected chi connectivity index (χ0v) is 11.1. The predicted molar refractivity (Wildman–Crippen MR) is 65.3 cm³/mol. The van der Waals surface area contributed by atoms with E-state index in [1.54, 1.807) is 0 Å². The maximum atomic E-state index is 11.6. The van der Waals surface area contributed by atoms with Gasteiger partial charge in [-0.2, -0.15) is 8.42 Å². The molecule has 0 radical (unpaired) electrons. The maximum Gasteiger partial charge on any atom is 0.330 e. The smallest absolute Gasteiger partial charge is 0.330 e. The molecule has 0 aliphatic carbocycles. The Morgan fingerprint density at radius 2 is 2.21 bits per heavy atom. The van der Waals surface area contributed by atoms with E-state index in [0.29, 0.717) is 12.8 Å². The van der Waals surface area contributed by atoms with Crippen LogP contribution < -0.4 is 11.2 Å². The minimum absolute atomic E-state index is 0.0760. The first-order valence-corrected chi connectivity index (χ1v) is 7.48. The minimum atomic E-state index is -3.50. The van der Waals surface area contributed by atoms with Crippen molar-refractivity contribution in [3.63, 3.8) is 0 Å². The summed E-state index contributed by atoms with van der Waals surface area (Å²) in [6.45, 7) is -0.0760. The van der Waals surface area contributed by atoms with Crippen LogP contribution in [0, 0.1) is 0 Å². The van der Waals surface area contributed by atoms with Gasteiger partial charge in [-0.3, -0.25) is 18.5 Å². The van der Waals surface area contributed by atoms with Gasteiger partial charge < -0.3 is 4.74 Å². The Hall–Kier alpha value is -1.45. The van der Waals surface area contributed by atoms with Crippen molar-refractivity contribution >= 4 is 10.1 Å². The summed E-state index contributed by atoms with van der Waals surface area (Å²) in [6, 6.07) is 1.23. The van der Waals surface area contributed by atoms with Crippen LogP contribution in [0.4, 0.5) is 0 Å².